The molecule has 94 valence electrons. The van der Waals surface area contributed by atoms with E-state index in [9.17, 15) is 4.79 Å². The molecule has 17 heavy (non-hydrogen) atoms. The summed E-state index contributed by atoms with van der Waals surface area (Å²) in [6.45, 7) is 7.78. The number of hydrogen-bond acceptors (Lipinski definition) is 4. The van der Waals surface area contributed by atoms with Gasteiger partial charge in [-0.2, -0.15) is 0 Å². The number of anilines is 1. The maximum atomic E-state index is 11.8. The van der Waals surface area contributed by atoms with Crippen molar-refractivity contribution in [3.05, 3.63) is 17.5 Å². The Morgan fingerprint density at radius 1 is 1.35 bits per heavy atom. The van der Waals surface area contributed by atoms with Gasteiger partial charge in [0, 0.05) is 11.4 Å². The Morgan fingerprint density at radius 3 is 2.35 bits per heavy atom. The Kier molecular flexibility index (Phi) is 4.57. The third kappa shape index (κ3) is 4.48. The second-order valence-electron chi connectivity index (χ2n) is 4.70. The second kappa shape index (κ2) is 5.72. The summed E-state index contributed by atoms with van der Waals surface area (Å²) in [7, 11) is 0. The highest BCUT2D eigenvalue weighted by atomic mass is 16.2. The molecule has 0 unspecified atom stereocenters. The van der Waals surface area contributed by atoms with Crippen LogP contribution in [0.3, 0.4) is 0 Å². The summed E-state index contributed by atoms with van der Waals surface area (Å²) in [4.78, 5) is 20.0. The number of nitrogens with one attached hydrogen (secondary N) is 1. The number of hydrogen-bond donors (Lipinski definition) is 2. The molecule has 3 N–H and O–H groups in total. The maximum Gasteiger partial charge on any atom is 0.243 e. The topological polar surface area (TPSA) is 80.9 Å². The number of nitrogens with two attached hydrogens (primary N) is 1. The molecule has 5 heteroatoms. The molecule has 1 amide bonds. The lowest BCUT2D eigenvalue weighted by atomic mass is 10.0. The minimum absolute atomic E-state index is 0.233. The molecular formula is C12H20N4O. The number of rotatable bonds is 4. The fourth-order valence-electron chi connectivity index (χ4n) is 1.60. The van der Waals surface area contributed by atoms with Gasteiger partial charge in [0.25, 0.3) is 0 Å². The first-order chi connectivity index (χ1) is 7.88. The fourth-order valence-corrected chi connectivity index (χ4v) is 1.60. The van der Waals surface area contributed by atoms with E-state index in [1.165, 1.54) is 0 Å². The van der Waals surface area contributed by atoms with Crippen LogP contribution in [0.25, 0.3) is 0 Å². The Bertz CT molecular complexity index is 383. The second-order valence-corrected chi connectivity index (χ2v) is 4.70. The monoisotopic (exact) mass is 236 g/mol. The average Bonchev–Trinajstić information content (AvgIpc) is 2.14. The van der Waals surface area contributed by atoms with Crippen LogP contribution in [0, 0.1) is 19.8 Å². The van der Waals surface area contributed by atoms with Crippen molar-refractivity contribution in [2.24, 2.45) is 11.7 Å². The Labute approximate surface area is 102 Å². The molecule has 1 aromatic heterocycles. The molecule has 0 aliphatic rings. The number of aryl methyl sites for hydroxylation is 2. The van der Waals surface area contributed by atoms with Crippen LogP contribution in [0.2, 0.25) is 0 Å². The molecule has 0 bridgehead atoms. The first-order valence-corrected chi connectivity index (χ1v) is 5.77. The quantitative estimate of drug-likeness (QED) is 0.828. The lowest BCUT2D eigenvalue weighted by Gasteiger charge is -2.13. The molecule has 1 rings (SSSR count). The minimum atomic E-state index is -0.514. The summed E-state index contributed by atoms with van der Waals surface area (Å²) in [5.74, 6) is 0.478. The zero-order valence-electron chi connectivity index (χ0n) is 10.8. The van der Waals surface area contributed by atoms with E-state index in [1.807, 2.05) is 33.8 Å². The van der Waals surface area contributed by atoms with Crippen molar-refractivity contribution >= 4 is 11.9 Å². The van der Waals surface area contributed by atoms with Crippen LogP contribution in [-0.2, 0) is 4.79 Å². The van der Waals surface area contributed by atoms with Crippen molar-refractivity contribution in [2.45, 2.75) is 40.2 Å². The molecule has 1 heterocycles. The van der Waals surface area contributed by atoms with Gasteiger partial charge in [-0.05, 0) is 32.3 Å². The van der Waals surface area contributed by atoms with Gasteiger partial charge in [-0.15, -0.1) is 0 Å². The van der Waals surface area contributed by atoms with E-state index in [-0.39, 0.29) is 5.91 Å². The van der Waals surface area contributed by atoms with Crippen molar-refractivity contribution < 1.29 is 4.79 Å². The van der Waals surface area contributed by atoms with Crippen LogP contribution in [0.4, 0.5) is 5.95 Å². The number of aromatic nitrogens is 2. The predicted octanol–water partition coefficient (Wildman–Crippen LogP) is 1.41. The zero-order chi connectivity index (χ0) is 13.0. The highest BCUT2D eigenvalue weighted by molar-refractivity contribution is 5.93. The number of carbonyl (C=O) groups excluding carboxylic acids is 1. The van der Waals surface area contributed by atoms with Gasteiger partial charge >= 0.3 is 0 Å². The largest absolute Gasteiger partial charge is 0.320 e. The summed E-state index contributed by atoms with van der Waals surface area (Å²) in [6, 6.07) is 1.34. The Morgan fingerprint density at radius 2 is 1.88 bits per heavy atom. The van der Waals surface area contributed by atoms with Gasteiger partial charge in [-0.25, -0.2) is 9.97 Å². The highest BCUT2D eigenvalue weighted by Crippen LogP contribution is 2.07. The first-order valence-electron chi connectivity index (χ1n) is 5.77. The molecule has 0 aliphatic heterocycles. The van der Waals surface area contributed by atoms with E-state index in [2.05, 4.69) is 15.3 Å². The fraction of sp³-hybridized carbons (Fsp3) is 0.583. The van der Waals surface area contributed by atoms with Crippen molar-refractivity contribution in [2.75, 3.05) is 5.32 Å². The van der Waals surface area contributed by atoms with Crippen LogP contribution >= 0.6 is 0 Å². The molecule has 1 atom stereocenters. The standard InChI is InChI=1S/C12H20N4O/c1-7(2)5-10(13)11(17)16-12-14-8(3)6-9(4)15-12/h6-7,10H,5,13H2,1-4H3,(H,14,15,16,17)/t10-/m1/s1. The zero-order valence-corrected chi connectivity index (χ0v) is 10.8. The summed E-state index contributed by atoms with van der Waals surface area (Å²) >= 11 is 0. The first kappa shape index (κ1) is 13.6. The van der Waals surface area contributed by atoms with E-state index in [0.29, 0.717) is 18.3 Å². The van der Waals surface area contributed by atoms with Crippen LogP contribution in [0.5, 0.6) is 0 Å². The molecule has 5 nitrogen and oxygen atoms in total. The molecule has 0 fully saturated rings. The number of amides is 1. The lowest BCUT2D eigenvalue weighted by Crippen LogP contribution is -2.37. The highest BCUT2D eigenvalue weighted by Gasteiger charge is 2.16. The minimum Gasteiger partial charge on any atom is -0.320 e. The van der Waals surface area contributed by atoms with Gasteiger partial charge in [-0.3, -0.25) is 10.1 Å². The molecule has 0 radical (unpaired) electrons. The number of carbonyl (C=O) groups is 1. The van der Waals surface area contributed by atoms with Crippen molar-refractivity contribution in [1.82, 2.24) is 9.97 Å². The van der Waals surface area contributed by atoms with Crippen LogP contribution in [0.1, 0.15) is 31.7 Å². The van der Waals surface area contributed by atoms with Gasteiger partial charge < -0.3 is 5.73 Å². The van der Waals surface area contributed by atoms with Gasteiger partial charge in [0.05, 0.1) is 6.04 Å². The summed E-state index contributed by atoms with van der Waals surface area (Å²) in [5, 5.41) is 2.64. The smallest absolute Gasteiger partial charge is 0.243 e. The van der Waals surface area contributed by atoms with E-state index in [1.54, 1.807) is 0 Å². The Hall–Kier alpha value is -1.49. The molecule has 0 aliphatic carbocycles. The molecule has 1 aromatic rings. The van der Waals surface area contributed by atoms with Gasteiger partial charge in [0.1, 0.15) is 0 Å². The number of nitrogens with zero attached hydrogens (tertiary/aromatic N) is 2. The third-order valence-electron chi connectivity index (χ3n) is 2.28. The SMILES string of the molecule is Cc1cc(C)nc(NC(=O)[C@H](N)CC(C)C)n1. The van der Waals surface area contributed by atoms with Crippen molar-refractivity contribution in [3.63, 3.8) is 0 Å². The molecule has 0 saturated heterocycles. The normalized spacial score (nSPS) is 12.6. The average molecular weight is 236 g/mol. The van der Waals surface area contributed by atoms with Gasteiger partial charge in [0.2, 0.25) is 11.9 Å². The van der Waals surface area contributed by atoms with E-state index < -0.39 is 6.04 Å². The Balaban J connectivity index is 2.67. The third-order valence-corrected chi connectivity index (χ3v) is 2.28. The summed E-state index contributed by atoms with van der Waals surface area (Å²) < 4.78 is 0. The van der Waals surface area contributed by atoms with Crippen LogP contribution < -0.4 is 11.1 Å². The molecule has 0 spiro atoms. The van der Waals surface area contributed by atoms with Crippen LogP contribution in [-0.4, -0.2) is 21.9 Å². The molecular weight excluding hydrogens is 216 g/mol. The van der Waals surface area contributed by atoms with Crippen LogP contribution in [0.15, 0.2) is 6.07 Å². The van der Waals surface area contributed by atoms with Crippen molar-refractivity contribution in [1.29, 1.82) is 0 Å². The van der Waals surface area contributed by atoms with Crippen molar-refractivity contribution in [3.8, 4) is 0 Å². The van der Waals surface area contributed by atoms with E-state index in [0.717, 1.165) is 11.4 Å². The van der Waals surface area contributed by atoms with E-state index in [4.69, 9.17) is 5.73 Å². The maximum absolute atomic E-state index is 11.8. The lowest BCUT2D eigenvalue weighted by molar-refractivity contribution is -0.117. The molecule has 0 saturated carbocycles. The van der Waals surface area contributed by atoms with Gasteiger partial charge in [-0.1, -0.05) is 13.8 Å². The molecule has 0 aromatic carbocycles. The van der Waals surface area contributed by atoms with E-state index >= 15 is 0 Å². The summed E-state index contributed by atoms with van der Waals surface area (Å²) in [5.41, 5.74) is 7.42. The van der Waals surface area contributed by atoms with Gasteiger partial charge in [0.15, 0.2) is 0 Å². The predicted molar refractivity (Wildman–Crippen MR) is 67.6 cm³/mol. The summed E-state index contributed by atoms with van der Waals surface area (Å²) in [6.07, 6.45) is 0.649.